The zero-order valence-electron chi connectivity index (χ0n) is 34.0. The number of nitrogens with one attached hydrogen (secondary N) is 6. The molecular formula is C36H64N8O9S3. The maximum atomic E-state index is 13.6. The number of rotatable bonds is 24. The van der Waals surface area contributed by atoms with Gasteiger partial charge in [0.15, 0.2) is 0 Å². The van der Waals surface area contributed by atoms with Crippen molar-refractivity contribution in [3.63, 3.8) is 0 Å². The number of nitrogens with zero attached hydrogens (tertiary/aromatic N) is 1. The summed E-state index contributed by atoms with van der Waals surface area (Å²) in [6.07, 6.45) is 5.23. The molecule has 0 aliphatic carbocycles. The van der Waals surface area contributed by atoms with E-state index in [2.05, 4.69) is 44.5 Å². The Balaban J connectivity index is 2.96. The molecule has 0 aromatic carbocycles. The molecule has 1 aliphatic rings. The molecule has 1 rings (SSSR count). The number of thiol groups is 1. The van der Waals surface area contributed by atoms with Crippen molar-refractivity contribution in [3.05, 3.63) is 0 Å². The average molecular weight is 849 g/mol. The van der Waals surface area contributed by atoms with Gasteiger partial charge in [-0.15, -0.1) is 0 Å². The van der Waals surface area contributed by atoms with E-state index in [-0.39, 0.29) is 24.6 Å². The predicted octanol–water partition coefficient (Wildman–Crippen LogP) is -0.278. The van der Waals surface area contributed by atoms with E-state index in [0.717, 1.165) is 0 Å². The summed E-state index contributed by atoms with van der Waals surface area (Å²) >= 11 is 7.21. The van der Waals surface area contributed by atoms with Crippen molar-refractivity contribution >= 4 is 83.5 Å². The van der Waals surface area contributed by atoms with E-state index in [1.165, 1.54) is 23.6 Å². The average Bonchev–Trinajstić information content (AvgIpc) is 3.63. The van der Waals surface area contributed by atoms with Crippen molar-refractivity contribution in [3.8, 4) is 0 Å². The standard InChI is InChI=1S/C36H64N8O9S3/c1-18(2)26(33(49)39-23(36(52)53)13-16-56-9)42-34(50)27(19(3)4)41-31(47)24(17-54)40-29(45)21(7)38-32(48)25-11-10-14-44(25)35(51)28(20(5)6)43-30(46)22(37)12-15-55-8/h18-28,54H,10-17,37H2,1-9H3,(H,38,48)(H,39,49)(H,40,45)(H,41,47)(H,42,50)(H,43,46)(H,52,53)/t21?,22-,23-,24-,25-,26-,27-,28-/m0/s1. The minimum absolute atomic E-state index is 0.164. The van der Waals surface area contributed by atoms with Crippen LogP contribution in [0.2, 0.25) is 0 Å². The molecule has 1 fully saturated rings. The maximum absolute atomic E-state index is 13.6. The van der Waals surface area contributed by atoms with Crippen molar-refractivity contribution in [2.24, 2.45) is 23.5 Å². The fraction of sp³-hybridized carbons (Fsp3) is 0.778. The lowest BCUT2D eigenvalue weighted by Gasteiger charge is -2.31. The van der Waals surface area contributed by atoms with Crippen LogP contribution in [0.3, 0.4) is 0 Å². The van der Waals surface area contributed by atoms with Crippen LogP contribution in [0.25, 0.3) is 0 Å². The summed E-state index contributed by atoms with van der Waals surface area (Å²) in [5.74, 6) is -5.62. The third kappa shape index (κ3) is 16.0. The van der Waals surface area contributed by atoms with Crippen molar-refractivity contribution in [1.82, 2.24) is 36.8 Å². The van der Waals surface area contributed by atoms with Crippen molar-refractivity contribution in [2.75, 3.05) is 36.3 Å². The third-order valence-electron chi connectivity index (χ3n) is 9.33. The summed E-state index contributed by atoms with van der Waals surface area (Å²) in [5, 5.41) is 25.2. The molecule has 0 aromatic rings. The SMILES string of the molecule is CSCC[C@H](NC(=O)[C@@H](NC(=O)[C@@H](NC(=O)[C@H](CS)NC(=O)C(C)NC(=O)[C@@H]1CCCN1C(=O)[C@@H](NC(=O)[C@@H](N)CCSC)C(C)C)C(C)C)C(C)C)C(=O)O. The molecule has 0 radical (unpaired) electrons. The highest BCUT2D eigenvalue weighted by Crippen LogP contribution is 2.21. The molecule has 8 atom stereocenters. The Morgan fingerprint density at radius 1 is 0.679 bits per heavy atom. The van der Waals surface area contributed by atoms with Crippen LogP contribution >= 0.6 is 36.2 Å². The van der Waals surface area contributed by atoms with Gasteiger partial charge in [0, 0.05) is 12.3 Å². The normalized spacial score (nSPS) is 17.9. The Morgan fingerprint density at radius 2 is 1.16 bits per heavy atom. The molecule has 1 aliphatic heterocycles. The molecule has 0 aromatic heterocycles. The summed E-state index contributed by atoms with van der Waals surface area (Å²) in [6.45, 7) is 12.0. The van der Waals surface area contributed by atoms with E-state index in [1.54, 1.807) is 53.3 Å². The molecule has 7 amide bonds. The van der Waals surface area contributed by atoms with Crippen LogP contribution in [0, 0.1) is 17.8 Å². The number of hydrogen-bond donors (Lipinski definition) is 9. The number of carbonyl (C=O) groups excluding carboxylic acids is 7. The Morgan fingerprint density at radius 3 is 1.66 bits per heavy atom. The van der Waals surface area contributed by atoms with Crippen LogP contribution in [-0.4, -0.2) is 142 Å². The van der Waals surface area contributed by atoms with E-state index < -0.39 is 107 Å². The second kappa shape index (κ2) is 25.2. The maximum Gasteiger partial charge on any atom is 0.326 e. The Bertz CT molecular complexity index is 1370. The molecule has 320 valence electrons. The number of carbonyl (C=O) groups is 8. The molecule has 0 bridgehead atoms. The van der Waals surface area contributed by atoms with Crippen LogP contribution in [-0.2, 0) is 38.4 Å². The molecule has 20 heteroatoms. The zero-order chi connectivity index (χ0) is 42.9. The summed E-state index contributed by atoms with van der Waals surface area (Å²) < 4.78 is 0. The van der Waals surface area contributed by atoms with Crippen LogP contribution in [0.15, 0.2) is 0 Å². The van der Waals surface area contributed by atoms with Gasteiger partial charge < -0.3 is 47.6 Å². The minimum Gasteiger partial charge on any atom is -0.480 e. The van der Waals surface area contributed by atoms with Crippen molar-refractivity contribution < 1.29 is 43.5 Å². The Hall–Kier alpha value is -3.23. The smallest absolute Gasteiger partial charge is 0.326 e. The highest BCUT2D eigenvalue weighted by atomic mass is 32.2. The van der Waals surface area contributed by atoms with E-state index in [9.17, 15) is 43.5 Å². The lowest BCUT2D eigenvalue weighted by atomic mass is 9.99. The number of carboxylic acid groups (broad SMARTS) is 1. The number of hydrogen-bond acceptors (Lipinski definition) is 12. The van der Waals surface area contributed by atoms with Gasteiger partial charge in [-0.25, -0.2) is 4.79 Å². The third-order valence-corrected chi connectivity index (χ3v) is 11.0. The van der Waals surface area contributed by atoms with Gasteiger partial charge in [-0.3, -0.25) is 33.6 Å². The molecule has 1 heterocycles. The Labute approximate surface area is 344 Å². The predicted molar refractivity (Wildman–Crippen MR) is 222 cm³/mol. The largest absolute Gasteiger partial charge is 0.480 e. The fourth-order valence-electron chi connectivity index (χ4n) is 5.82. The van der Waals surface area contributed by atoms with Gasteiger partial charge in [-0.1, -0.05) is 41.5 Å². The molecule has 1 unspecified atom stereocenters. The van der Waals surface area contributed by atoms with Crippen LogP contribution in [0.4, 0.5) is 0 Å². The van der Waals surface area contributed by atoms with Gasteiger partial charge in [0.1, 0.15) is 42.3 Å². The van der Waals surface area contributed by atoms with E-state index in [1.807, 2.05) is 12.5 Å². The fourth-order valence-corrected chi connectivity index (χ4v) is 7.04. The Kier molecular flexibility index (Phi) is 22.9. The van der Waals surface area contributed by atoms with Crippen molar-refractivity contribution in [2.45, 2.75) is 122 Å². The second-order valence-corrected chi connectivity index (χ2v) is 17.3. The molecule has 0 saturated carbocycles. The second-order valence-electron chi connectivity index (χ2n) is 14.9. The monoisotopic (exact) mass is 848 g/mol. The summed E-state index contributed by atoms with van der Waals surface area (Å²) in [4.78, 5) is 106. The molecule has 56 heavy (non-hydrogen) atoms. The molecule has 1 saturated heterocycles. The first-order valence-electron chi connectivity index (χ1n) is 18.9. The summed E-state index contributed by atoms with van der Waals surface area (Å²) in [5.41, 5.74) is 6.02. The van der Waals surface area contributed by atoms with Crippen LogP contribution < -0.4 is 37.6 Å². The van der Waals surface area contributed by atoms with E-state index in [4.69, 9.17) is 5.73 Å². The molecular weight excluding hydrogens is 785 g/mol. The van der Waals surface area contributed by atoms with Gasteiger partial charge in [0.05, 0.1) is 6.04 Å². The minimum atomic E-state index is -1.22. The number of aliphatic carboxylic acids is 1. The first-order valence-corrected chi connectivity index (χ1v) is 22.3. The number of carboxylic acids is 1. The number of amides is 7. The first-order chi connectivity index (χ1) is 26.2. The molecule has 0 spiro atoms. The molecule has 17 nitrogen and oxygen atoms in total. The van der Waals surface area contributed by atoms with E-state index in [0.29, 0.717) is 30.8 Å². The lowest BCUT2D eigenvalue weighted by Crippen LogP contribution is -2.61. The molecule has 9 N–H and O–H groups in total. The lowest BCUT2D eigenvalue weighted by molar-refractivity contribution is -0.143. The van der Waals surface area contributed by atoms with E-state index >= 15 is 0 Å². The summed E-state index contributed by atoms with van der Waals surface area (Å²) in [6, 6.07) is -8.32. The first kappa shape index (κ1) is 50.8. The van der Waals surface area contributed by atoms with Crippen LogP contribution in [0.5, 0.6) is 0 Å². The van der Waals surface area contributed by atoms with Gasteiger partial charge in [-0.2, -0.15) is 36.2 Å². The van der Waals surface area contributed by atoms with Crippen LogP contribution in [0.1, 0.15) is 74.1 Å². The number of nitrogens with two attached hydrogens (primary N) is 1. The zero-order valence-corrected chi connectivity index (χ0v) is 36.5. The van der Waals surface area contributed by atoms with Gasteiger partial charge >= 0.3 is 5.97 Å². The summed E-state index contributed by atoms with van der Waals surface area (Å²) in [7, 11) is 0. The highest BCUT2D eigenvalue weighted by Gasteiger charge is 2.40. The topological polar surface area (TPSA) is 258 Å². The van der Waals surface area contributed by atoms with Crippen molar-refractivity contribution in [1.29, 1.82) is 0 Å². The number of thioether (sulfide) groups is 2. The highest BCUT2D eigenvalue weighted by molar-refractivity contribution is 7.98. The van der Waals surface area contributed by atoms with Gasteiger partial charge in [0.2, 0.25) is 41.4 Å². The number of likely N-dealkylation sites (tertiary alicyclic amines) is 1. The van der Waals surface area contributed by atoms with Gasteiger partial charge in [-0.05, 0) is 74.4 Å². The quantitative estimate of drug-likeness (QED) is 0.0569. The van der Waals surface area contributed by atoms with Gasteiger partial charge in [0.25, 0.3) is 0 Å².